The molecule has 2 N–H and O–H groups in total. The van der Waals surface area contributed by atoms with Gasteiger partial charge in [0.05, 0.1) is 0 Å². The van der Waals surface area contributed by atoms with Crippen molar-refractivity contribution in [2.75, 3.05) is 13.1 Å². The summed E-state index contributed by atoms with van der Waals surface area (Å²) in [6.07, 6.45) is 2.45. The van der Waals surface area contributed by atoms with Crippen molar-refractivity contribution >= 4 is 10.8 Å². The maximum Gasteiger partial charge on any atom is 0.128 e. The van der Waals surface area contributed by atoms with E-state index in [1.54, 1.807) is 6.07 Å². The summed E-state index contributed by atoms with van der Waals surface area (Å²) in [4.78, 5) is 2.31. The second kappa shape index (κ2) is 4.50. The minimum absolute atomic E-state index is 0.248. The van der Waals surface area contributed by atoms with Crippen LogP contribution in [-0.2, 0) is 6.54 Å². The maximum absolute atomic E-state index is 10.3. The van der Waals surface area contributed by atoms with Crippen LogP contribution in [0.1, 0.15) is 18.4 Å². The average Bonchev–Trinajstić information content (AvgIpc) is 2.89. The average molecular weight is 243 g/mol. The van der Waals surface area contributed by atoms with Crippen molar-refractivity contribution in [3.05, 3.63) is 35.9 Å². The number of hydrogen-bond donors (Lipinski definition) is 2. The summed E-state index contributed by atoms with van der Waals surface area (Å²) in [5.41, 5.74) is 0.813. The van der Waals surface area contributed by atoms with E-state index >= 15 is 0 Å². The molecule has 0 aliphatic carbocycles. The Balaban J connectivity index is 2.04. The zero-order valence-corrected chi connectivity index (χ0v) is 10.3. The summed E-state index contributed by atoms with van der Waals surface area (Å²) in [5, 5.41) is 21.8. The molecule has 1 aliphatic rings. The van der Waals surface area contributed by atoms with Gasteiger partial charge in [0.15, 0.2) is 0 Å². The molecule has 94 valence electrons. The number of fused-ring (bicyclic) bond motifs is 1. The minimum atomic E-state index is 0.248. The van der Waals surface area contributed by atoms with Gasteiger partial charge in [-0.15, -0.1) is 0 Å². The van der Waals surface area contributed by atoms with Crippen LogP contribution in [0.2, 0.25) is 0 Å². The van der Waals surface area contributed by atoms with Gasteiger partial charge in [0.25, 0.3) is 0 Å². The molecule has 3 heteroatoms. The van der Waals surface area contributed by atoms with E-state index < -0.39 is 0 Å². The number of rotatable bonds is 2. The molecule has 2 aromatic carbocycles. The normalized spacial score (nSPS) is 16.4. The molecule has 1 aliphatic heterocycles. The van der Waals surface area contributed by atoms with Gasteiger partial charge in [-0.1, -0.05) is 24.3 Å². The fourth-order valence-corrected chi connectivity index (χ4v) is 2.70. The van der Waals surface area contributed by atoms with Crippen molar-refractivity contribution < 1.29 is 10.2 Å². The Morgan fingerprint density at radius 1 is 1.00 bits per heavy atom. The molecule has 1 saturated heterocycles. The van der Waals surface area contributed by atoms with Crippen LogP contribution in [0.4, 0.5) is 0 Å². The van der Waals surface area contributed by atoms with Crippen molar-refractivity contribution in [3.63, 3.8) is 0 Å². The second-order valence-corrected chi connectivity index (χ2v) is 4.93. The predicted molar refractivity (Wildman–Crippen MR) is 71.8 cm³/mol. The Labute approximate surface area is 106 Å². The quantitative estimate of drug-likeness (QED) is 0.797. The van der Waals surface area contributed by atoms with Crippen LogP contribution < -0.4 is 0 Å². The SMILES string of the molecule is Oc1cc(CN2CCCC2)c(O)c2ccccc12. The molecule has 2 aromatic rings. The Morgan fingerprint density at radius 2 is 1.67 bits per heavy atom. The lowest BCUT2D eigenvalue weighted by atomic mass is 10.0. The first-order valence-electron chi connectivity index (χ1n) is 6.40. The van der Waals surface area contributed by atoms with Crippen LogP contribution in [0, 0.1) is 0 Å². The lowest BCUT2D eigenvalue weighted by molar-refractivity contribution is 0.324. The number of benzene rings is 2. The molecule has 0 bridgehead atoms. The molecule has 0 aromatic heterocycles. The lowest BCUT2D eigenvalue weighted by Gasteiger charge is -2.17. The topological polar surface area (TPSA) is 43.7 Å². The standard InChI is InChI=1S/C15H17NO2/c17-14-9-11(10-16-7-3-4-8-16)15(18)13-6-2-1-5-12(13)14/h1-2,5-6,9,17-18H,3-4,7-8,10H2. The Bertz CT molecular complexity index is 574. The maximum atomic E-state index is 10.3. The van der Waals surface area contributed by atoms with Gasteiger partial charge < -0.3 is 10.2 Å². The fraction of sp³-hybridized carbons (Fsp3) is 0.333. The van der Waals surface area contributed by atoms with E-state index in [0.29, 0.717) is 17.7 Å². The molecule has 3 rings (SSSR count). The summed E-state index contributed by atoms with van der Waals surface area (Å²) < 4.78 is 0. The molecular weight excluding hydrogens is 226 g/mol. The van der Waals surface area contributed by atoms with Gasteiger partial charge in [0.1, 0.15) is 11.5 Å². The molecule has 3 nitrogen and oxygen atoms in total. The Morgan fingerprint density at radius 3 is 2.39 bits per heavy atom. The first-order chi connectivity index (χ1) is 8.75. The van der Waals surface area contributed by atoms with Gasteiger partial charge in [0.2, 0.25) is 0 Å². The zero-order valence-electron chi connectivity index (χ0n) is 10.3. The van der Waals surface area contributed by atoms with E-state index in [1.807, 2.05) is 24.3 Å². The number of phenols is 2. The Hall–Kier alpha value is -1.74. The van der Waals surface area contributed by atoms with Crippen molar-refractivity contribution in [1.82, 2.24) is 4.90 Å². The van der Waals surface area contributed by atoms with Crippen LogP contribution in [0.5, 0.6) is 11.5 Å². The summed E-state index contributed by atoms with van der Waals surface area (Å²) in [7, 11) is 0. The van der Waals surface area contributed by atoms with Crippen LogP contribution in [0.3, 0.4) is 0 Å². The lowest BCUT2D eigenvalue weighted by Crippen LogP contribution is -2.18. The molecule has 0 atom stereocenters. The first kappa shape index (κ1) is 11.4. The molecule has 0 saturated carbocycles. The molecule has 0 unspecified atom stereocenters. The van der Waals surface area contributed by atoms with Gasteiger partial charge in [-0.05, 0) is 32.0 Å². The summed E-state index contributed by atoms with van der Waals surface area (Å²) in [6.45, 7) is 2.87. The highest BCUT2D eigenvalue weighted by molar-refractivity contribution is 5.93. The van der Waals surface area contributed by atoms with E-state index in [0.717, 1.165) is 24.0 Å². The highest BCUT2D eigenvalue weighted by atomic mass is 16.3. The predicted octanol–water partition coefficient (Wildman–Crippen LogP) is 2.85. The van der Waals surface area contributed by atoms with E-state index in [-0.39, 0.29) is 5.75 Å². The summed E-state index contributed by atoms with van der Waals surface area (Å²) >= 11 is 0. The van der Waals surface area contributed by atoms with Crippen LogP contribution in [0.15, 0.2) is 30.3 Å². The molecular formula is C15H17NO2. The van der Waals surface area contributed by atoms with E-state index in [9.17, 15) is 10.2 Å². The Kier molecular flexibility index (Phi) is 2.84. The third-order valence-electron chi connectivity index (χ3n) is 3.67. The molecule has 18 heavy (non-hydrogen) atoms. The van der Waals surface area contributed by atoms with Crippen molar-refractivity contribution in [2.24, 2.45) is 0 Å². The van der Waals surface area contributed by atoms with Crippen molar-refractivity contribution in [2.45, 2.75) is 19.4 Å². The number of phenolic OH excluding ortho intramolecular Hbond substituents is 2. The van der Waals surface area contributed by atoms with Crippen LogP contribution in [0.25, 0.3) is 10.8 Å². The zero-order chi connectivity index (χ0) is 12.5. The van der Waals surface area contributed by atoms with Gasteiger partial charge in [-0.2, -0.15) is 0 Å². The van der Waals surface area contributed by atoms with E-state index in [2.05, 4.69) is 4.90 Å². The van der Waals surface area contributed by atoms with E-state index in [1.165, 1.54) is 12.8 Å². The molecule has 0 radical (unpaired) electrons. The first-order valence-corrected chi connectivity index (χ1v) is 6.40. The highest BCUT2D eigenvalue weighted by Gasteiger charge is 2.16. The monoisotopic (exact) mass is 243 g/mol. The van der Waals surface area contributed by atoms with Crippen LogP contribution in [-0.4, -0.2) is 28.2 Å². The molecule has 0 spiro atoms. The van der Waals surface area contributed by atoms with E-state index in [4.69, 9.17) is 0 Å². The molecule has 1 heterocycles. The number of hydrogen-bond acceptors (Lipinski definition) is 3. The number of nitrogens with zero attached hydrogens (tertiary/aromatic N) is 1. The molecule has 1 fully saturated rings. The van der Waals surface area contributed by atoms with Gasteiger partial charge in [-0.25, -0.2) is 0 Å². The smallest absolute Gasteiger partial charge is 0.128 e. The molecule has 0 amide bonds. The van der Waals surface area contributed by atoms with Gasteiger partial charge >= 0.3 is 0 Å². The van der Waals surface area contributed by atoms with Crippen molar-refractivity contribution in [3.8, 4) is 11.5 Å². The summed E-state index contributed by atoms with van der Waals surface area (Å²) in [5.74, 6) is 0.549. The minimum Gasteiger partial charge on any atom is -0.507 e. The van der Waals surface area contributed by atoms with Gasteiger partial charge in [0, 0.05) is 22.9 Å². The third kappa shape index (κ3) is 1.91. The second-order valence-electron chi connectivity index (χ2n) is 4.93. The largest absolute Gasteiger partial charge is 0.507 e. The number of aromatic hydroxyl groups is 2. The van der Waals surface area contributed by atoms with Crippen LogP contribution >= 0.6 is 0 Å². The fourth-order valence-electron chi connectivity index (χ4n) is 2.70. The number of likely N-dealkylation sites (tertiary alicyclic amines) is 1. The van der Waals surface area contributed by atoms with Crippen molar-refractivity contribution in [1.29, 1.82) is 0 Å². The summed E-state index contributed by atoms with van der Waals surface area (Å²) in [6, 6.07) is 9.10. The van der Waals surface area contributed by atoms with Gasteiger partial charge in [-0.3, -0.25) is 4.90 Å². The highest BCUT2D eigenvalue weighted by Crippen LogP contribution is 2.36. The third-order valence-corrected chi connectivity index (χ3v) is 3.67.